The average molecular weight is 348 g/mol. The summed E-state index contributed by atoms with van der Waals surface area (Å²) in [5.74, 6) is -0.277. The van der Waals surface area contributed by atoms with Crippen LogP contribution in [0.5, 0.6) is 0 Å². The second-order valence-electron chi connectivity index (χ2n) is 5.91. The van der Waals surface area contributed by atoms with Crippen LogP contribution in [0.2, 0.25) is 0 Å². The van der Waals surface area contributed by atoms with Gasteiger partial charge in [0.1, 0.15) is 5.69 Å². The number of carbonyl (C=O) groups excluding carboxylic acids is 2. The molecule has 1 fully saturated rings. The van der Waals surface area contributed by atoms with Crippen molar-refractivity contribution < 1.29 is 9.59 Å². The summed E-state index contributed by atoms with van der Waals surface area (Å²) in [5, 5.41) is 9.65. The molecule has 1 aliphatic rings. The summed E-state index contributed by atoms with van der Waals surface area (Å²) in [4.78, 5) is 34.5. The molecule has 8 heteroatoms. The quantitative estimate of drug-likeness (QED) is 0.752. The average Bonchev–Trinajstić information content (AvgIpc) is 3.31. The van der Waals surface area contributed by atoms with E-state index in [1.54, 1.807) is 23.4 Å². The lowest BCUT2D eigenvalue weighted by atomic mass is 10.2. The van der Waals surface area contributed by atoms with Crippen LogP contribution in [0.3, 0.4) is 0 Å². The number of carbonyl (C=O) groups is 2. The number of amides is 2. The number of hydrogen-bond donors (Lipinski definition) is 2. The topological polar surface area (TPSA) is 104 Å². The predicted octanol–water partition coefficient (Wildman–Crippen LogP) is 2.25. The zero-order valence-corrected chi connectivity index (χ0v) is 13.8. The van der Waals surface area contributed by atoms with Gasteiger partial charge in [-0.25, -0.2) is 0 Å². The summed E-state index contributed by atoms with van der Waals surface area (Å²) in [6.07, 6.45) is 7.61. The third-order valence-corrected chi connectivity index (χ3v) is 4.18. The molecule has 0 saturated carbocycles. The molecule has 0 spiro atoms. The Hall–Kier alpha value is -3.55. The molecule has 0 aromatic carbocycles. The van der Waals surface area contributed by atoms with Crippen molar-refractivity contribution in [2.45, 2.75) is 12.8 Å². The molecule has 130 valence electrons. The van der Waals surface area contributed by atoms with Crippen LogP contribution in [-0.2, 0) is 4.79 Å². The Morgan fingerprint density at radius 3 is 2.92 bits per heavy atom. The highest BCUT2D eigenvalue weighted by Gasteiger charge is 2.23. The maximum absolute atomic E-state index is 12.6. The number of aromatic amines is 1. The van der Waals surface area contributed by atoms with Crippen molar-refractivity contribution in [2.75, 3.05) is 16.8 Å². The summed E-state index contributed by atoms with van der Waals surface area (Å²) in [6, 6.07) is 7.17. The van der Waals surface area contributed by atoms with Crippen molar-refractivity contribution in [1.82, 2.24) is 20.2 Å². The monoisotopic (exact) mass is 348 g/mol. The molecule has 0 unspecified atom stereocenters. The standard InChI is InChI=1S/C18H16N6O2/c25-16-5-3-7-24(16)13-8-12(9-19-10-13)18(26)22-15-11-21-23-17(15)14-4-1-2-6-20-14/h1-2,4,6,8-11H,3,5,7H2,(H,21,23)(H,22,26). The Bertz CT molecular complexity index is 953. The first-order chi connectivity index (χ1) is 12.7. The number of nitrogens with one attached hydrogen (secondary N) is 2. The molecule has 2 amide bonds. The van der Waals surface area contributed by atoms with E-state index < -0.39 is 0 Å². The van der Waals surface area contributed by atoms with Gasteiger partial charge < -0.3 is 10.2 Å². The van der Waals surface area contributed by atoms with Crippen molar-refractivity contribution in [3.05, 3.63) is 54.6 Å². The van der Waals surface area contributed by atoms with Gasteiger partial charge in [0.15, 0.2) is 0 Å². The van der Waals surface area contributed by atoms with Crippen LogP contribution in [0.4, 0.5) is 11.4 Å². The largest absolute Gasteiger partial charge is 0.319 e. The van der Waals surface area contributed by atoms with E-state index in [0.717, 1.165) is 6.42 Å². The second-order valence-corrected chi connectivity index (χ2v) is 5.91. The molecule has 3 aromatic heterocycles. The van der Waals surface area contributed by atoms with Gasteiger partial charge in [-0.3, -0.25) is 24.7 Å². The van der Waals surface area contributed by atoms with Gasteiger partial charge in [-0.15, -0.1) is 0 Å². The van der Waals surface area contributed by atoms with Gasteiger partial charge in [0.2, 0.25) is 5.91 Å². The second kappa shape index (κ2) is 6.75. The zero-order chi connectivity index (χ0) is 17.9. The highest BCUT2D eigenvalue weighted by Crippen LogP contribution is 2.25. The van der Waals surface area contributed by atoms with Gasteiger partial charge in [0.05, 0.1) is 35.0 Å². The minimum atomic E-state index is -0.329. The van der Waals surface area contributed by atoms with Gasteiger partial charge >= 0.3 is 0 Å². The lowest BCUT2D eigenvalue weighted by molar-refractivity contribution is -0.117. The molecule has 1 saturated heterocycles. The molecule has 8 nitrogen and oxygen atoms in total. The smallest absolute Gasteiger partial charge is 0.257 e. The van der Waals surface area contributed by atoms with Gasteiger partial charge in [-0.05, 0) is 24.6 Å². The Labute approximate surface area is 149 Å². The fourth-order valence-corrected chi connectivity index (χ4v) is 2.90. The van der Waals surface area contributed by atoms with E-state index in [1.807, 2.05) is 18.2 Å². The van der Waals surface area contributed by atoms with Gasteiger partial charge in [0, 0.05) is 25.4 Å². The van der Waals surface area contributed by atoms with Crippen LogP contribution in [0.25, 0.3) is 11.4 Å². The van der Waals surface area contributed by atoms with Gasteiger partial charge in [0.25, 0.3) is 5.91 Å². The van der Waals surface area contributed by atoms with Crippen molar-refractivity contribution in [3.63, 3.8) is 0 Å². The Morgan fingerprint density at radius 2 is 2.15 bits per heavy atom. The van der Waals surface area contributed by atoms with E-state index in [1.165, 1.54) is 12.4 Å². The number of anilines is 2. The Balaban J connectivity index is 1.57. The van der Waals surface area contributed by atoms with Crippen LogP contribution in [0.15, 0.2) is 49.1 Å². The maximum atomic E-state index is 12.6. The highest BCUT2D eigenvalue weighted by atomic mass is 16.2. The highest BCUT2D eigenvalue weighted by molar-refractivity contribution is 6.06. The number of H-pyrrole nitrogens is 1. The number of hydrogen-bond acceptors (Lipinski definition) is 5. The van der Waals surface area contributed by atoms with Gasteiger partial charge in [-0.1, -0.05) is 6.07 Å². The van der Waals surface area contributed by atoms with Crippen molar-refractivity contribution in [1.29, 1.82) is 0 Å². The van der Waals surface area contributed by atoms with E-state index >= 15 is 0 Å². The Morgan fingerprint density at radius 1 is 1.23 bits per heavy atom. The van der Waals surface area contributed by atoms with Gasteiger partial charge in [-0.2, -0.15) is 5.10 Å². The van der Waals surface area contributed by atoms with Crippen LogP contribution in [0, 0.1) is 0 Å². The van der Waals surface area contributed by atoms with E-state index in [9.17, 15) is 9.59 Å². The summed E-state index contributed by atoms with van der Waals surface area (Å²) in [6.45, 7) is 0.650. The van der Waals surface area contributed by atoms with Crippen molar-refractivity contribution in [2.24, 2.45) is 0 Å². The molecule has 0 bridgehead atoms. The first-order valence-corrected chi connectivity index (χ1v) is 8.24. The summed E-state index contributed by atoms with van der Waals surface area (Å²) in [5.41, 5.74) is 2.83. The molecule has 4 heterocycles. The van der Waals surface area contributed by atoms with E-state index in [2.05, 4.69) is 25.5 Å². The Kier molecular flexibility index (Phi) is 4.14. The molecular formula is C18H16N6O2. The first-order valence-electron chi connectivity index (χ1n) is 8.24. The first kappa shape index (κ1) is 15.9. The van der Waals surface area contributed by atoms with E-state index in [-0.39, 0.29) is 11.8 Å². The van der Waals surface area contributed by atoms with Crippen LogP contribution >= 0.6 is 0 Å². The minimum Gasteiger partial charge on any atom is -0.319 e. The molecule has 0 aliphatic carbocycles. The van der Waals surface area contributed by atoms with Crippen molar-refractivity contribution in [3.8, 4) is 11.4 Å². The van der Waals surface area contributed by atoms with E-state index in [4.69, 9.17) is 0 Å². The molecule has 0 radical (unpaired) electrons. The minimum absolute atomic E-state index is 0.0524. The fourth-order valence-electron chi connectivity index (χ4n) is 2.90. The molecule has 3 aromatic rings. The van der Waals surface area contributed by atoms with Crippen LogP contribution in [0.1, 0.15) is 23.2 Å². The predicted molar refractivity (Wildman–Crippen MR) is 95.6 cm³/mol. The SMILES string of the molecule is O=C(Nc1cn[nH]c1-c1ccccn1)c1cncc(N2CCCC2=O)c1. The molecule has 26 heavy (non-hydrogen) atoms. The number of rotatable bonds is 4. The number of pyridine rings is 2. The zero-order valence-electron chi connectivity index (χ0n) is 13.8. The summed E-state index contributed by atoms with van der Waals surface area (Å²) >= 11 is 0. The lowest BCUT2D eigenvalue weighted by Crippen LogP contribution is -2.24. The summed E-state index contributed by atoms with van der Waals surface area (Å²) < 4.78 is 0. The summed E-state index contributed by atoms with van der Waals surface area (Å²) in [7, 11) is 0. The number of nitrogens with zero attached hydrogens (tertiary/aromatic N) is 4. The molecule has 2 N–H and O–H groups in total. The van der Waals surface area contributed by atoms with Crippen LogP contribution < -0.4 is 10.2 Å². The molecule has 4 rings (SSSR count). The third-order valence-electron chi connectivity index (χ3n) is 4.18. The molecule has 0 atom stereocenters. The van der Waals surface area contributed by atoms with E-state index in [0.29, 0.717) is 41.3 Å². The lowest BCUT2D eigenvalue weighted by Gasteiger charge is -2.15. The van der Waals surface area contributed by atoms with Crippen molar-refractivity contribution >= 4 is 23.2 Å². The number of aromatic nitrogens is 4. The molecular weight excluding hydrogens is 332 g/mol. The third kappa shape index (κ3) is 3.04. The fraction of sp³-hybridized carbons (Fsp3) is 0.167. The normalized spacial score (nSPS) is 13.8. The molecule has 1 aliphatic heterocycles. The maximum Gasteiger partial charge on any atom is 0.257 e. The van der Waals surface area contributed by atoms with Crippen LogP contribution in [-0.4, -0.2) is 38.5 Å².